The smallest absolute Gasteiger partial charge is 0.180 e. The van der Waals surface area contributed by atoms with Gasteiger partial charge in [-0.1, -0.05) is 0 Å². The third kappa shape index (κ3) is 2.20. The molecule has 0 bridgehead atoms. The summed E-state index contributed by atoms with van der Waals surface area (Å²) >= 11 is 0. The van der Waals surface area contributed by atoms with Crippen LogP contribution < -0.4 is 10.1 Å². The third-order valence-corrected chi connectivity index (χ3v) is 4.57. The summed E-state index contributed by atoms with van der Waals surface area (Å²) in [4.78, 5) is 20.4. The van der Waals surface area contributed by atoms with Gasteiger partial charge in [0.15, 0.2) is 23.0 Å². The van der Waals surface area contributed by atoms with E-state index in [1.54, 1.807) is 12.4 Å². The molecule has 8 nitrogen and oxygen atoms in total. The van der Waals surface area contributed by atoms with Crippen LogP contribution in [0.15, 0.2) is 24.8 Å². The Kier molecular flexibility index (Phi) is 3.27. The number of anilines is 1. The van der Waals surface area contributed by atoms with Gasteiger partial charge in [-0.05, 0) is 25.5 Å². The highest BCUT2D eigenvalue weighted by Crippen LogP contribution is 2.34. The normalized spacial score (nSPS) is 15.0. The van der Waals surface area contributed by atoms with Crippen molar-refractivity contribution in [2.75, 3.05) is 11.9 Å². The van der Waals surface area contributed by atoms with Gasteiger partial charge in [-0.2, -0.15) is 0 Å². The Morgan fingerprint density at radius 1 is 1.31 bits per heavy atom. The zero-order chi connectivity index (χ0) is 17.7. The number of benzene rings is 1. The molecule has 9 heteroatoms. The number of halogens is 1. The van der Waals surface area contributed by atoms with Gasteiger partial charge in [0.1, 0.15) is 23.2 Å². The van der Waals surface area contributed by atoms with Crippen LogP contribution in [0.2, 0.25) is 0 Å². The average Bonchev–Trinajstić information content (AvgIpc) is 3.19. The first-order chi connectivity index (χ1) is 12.7. The van der Waals surface area contributed by atoms with Gasteiger partial charge < -0.3 is 19.6 Å². The van der Waals surface area contributed by atoms with Gasteiger partial charge in [-0.3, -0.25) is 0 Å². The first-order valence-corrected chi connectivity index (χ1v) is 8.44. The Balaban J connectivity index is 1.60. The highest BCUT2D eigenvalue weighted by atomic mass is 19.1. The number of imidazole rings is 2. The van der Waals surface area contributed by atoms with Crippen LogP contribution in [-0.2, 0) is 6.54 Å². The van der Waals surface area contributed by atoms with Crippen molar-refractivity contribution in [3.63, 3.8) is 0 Å². The maximum atomic E-state index is 14.2. The van der Waals surface area contributed by atoms with Crippen molar-refractivity contribution < 1.29 is 9.13 Å². The molecule has 4 aromatic rings. The van der Waals surface area contributed by atoms with Gasteiger partial charge in [0.2, 0.25) is 0 Å². The summed E-state index contributed by atoms with van der Waals surface area (Å²) < 4.78 is 21.8. The molecular formula is C17H16FN7O. The van der Waals surface area contributed by atoms with E-state index >= 15 is 0 Å². The third-order valence-electron chi connectivity index (χ3n) is 4.57. The quantitative estimate of drug-likeness (QED) is 0.588. The minimum Gasteiger partial charge on any atom is -0.488 e. The largest absolute Gasteiger partial charge is 0.488 e. The number of rotatable bonds is 3. The molecule has 0 fully saturated rings. The minimum atomic E-state index is -0.359. The van der Waals surface area contributed by atoms with Gasteiger partial charge in [0.05, 0.1) is 24.5 Å². The first-order valence-electron chi connectivity index (χ1n) is 8.44. The fraction of sp³-hybridized carbons (Fsp3) is 0.294. The Bertz CT molecular complexity index is 1120. The summed E-state index contributed by atoms with van der Waals surface area (Å²) in [5.41, 5.74) is 2.76. The molecule has 0 radical (unpaired) electrons. The molecule has 0 saturated heterocycles. The van der Waals surface area contributed by atoms with E-state index in [9.17, 15) is 4.39 Å². The maximum Gasteiger partial charge on any atom is 0.180 e. The Hall–Kier alpha value is -3.23. The number of ether oxygens (including phenoxy) is 1. The van der Waals surface area contributed by atoms with E-state index in [0.29, 0.717) is 29.1 Å². The molecule has 2 N–H and O–H groups in total. The van der Waals surface area contributed by atoms with Crippen molar-refractivity contribution in [2.24, 2.45) is 0 Å². The number of aromatic nitrogens is 6. The lowest BCUT2D eigenvalue weighted by Gasteiger charge is -2.16. The van der Waals surface area contributed by atoms with E-state index in [1.165, 1.54) is 12.4 Å². The van der Waals surface area contributed by atoms with Crippen molar-refractivity contribution in [1.29, 1.82) is 0 Å². The zero-order valence-corrected chi connectivity index (χ0v) is 14.0. The van der Waals surface area contributed by atoms with Crippen LogP contribution in [0.4, 0.5) is 10.2 Å². The lowest BCUT2D eigenvalue weighted by Crippen LogP contribution is -2.15. The summed E-state index contributed by atoms with van der Waals surface area (Å²) in [7, 11) is 0. The Morgan fingerprint density at radius 3 is 3.15 bits per heavy atom. The van der Waals surface area contributed by atoms with Gasteiger partial charge in [-0.25, -0.2) is 24.3 Å². The van der Waals surface area contributed by atoms with Crippen LogP contribution in [0.1, 0.15) is 25.2 Å². The number of nitrogens with one attached hydrogen (secondary N) is 2. The maximum absolute atomic E-state index is 14.2. The summed E-state index contributed by atoms with van der Waals surface area (Å²) in [6.07, 6.45) is 3.85. The highest BCUT2D eigenvalue weighted by molar-refractivity contribution is 5.84. The second-order valence-electron chi connectivity index (χ2n) is 6.26. The number of hydrogen-bond acceptors (Lipinski definition) is 6. The molecule has 0 saturated carbocycles. The van der Waals surface area contributed by atoms with Crippen molar-refractivity contribution in [3.05, 3.63) is 36.4 Å². The van der Waals surface area contributed by atoms with Crippen LogP contribution >= 0.6 is 0 Å². The lowest BCUT2D eigenvalue weighted by molar-refractivity contribution is 0.301. The number of aromatic amines is 1. The molecule has 26 heavy (non-hydrogen) atoms. The molecule has 0 amide bonds. The molecule has 1 aromatic carbocycles. The number of aryl methyl sites for hydroxylation is 1. The summed E-state index contributed by atoms with van der Waals surface area (Å²) in [6, 6.07) is 2.93. The van der Waals surface area contributed by atoms with Gasteiger partial charge >= 0.3 is 0 Å². The van der Waals surface area contributed by atoms with Gasteiger partial charge in [0, 0.05) is 6.54 Å². The molecular weight excluding hydrogens is 337 g/mol. The fourth-order valence-electron chi connectivity index (χ4n) is 3.42. The predicted molar refractivity (Wildman–Crippen MR) is 93.5 cm³/mol. The van der Waals surface area contributed by atoms with E-state index in [-0.39, 0.29) is 17.6 Å². The molecule has 4 heterocycles. The Labute approximate surface area is 147 Å². The predicted octanol–water partition coefficient (Wildman–Crippen LogP) is 2.80. The fourth-order valence-corrected chi connectivity index (χ4v) is 3.42. The molecule has 1 atom stereocenters. The molecule has 132 valence electrons. The van der Waals surface area contributed by atoms with Crippen LogP contribution in [0.3, 0.4) is 0 Å². The van der Waals surface area contributed by atoms with E-state index < -0.39 is 0 Å². The molecule has 5 rings (SSSR count). The van der Waals surface area contributed by atoms with E-state index in [0.717, 1.165) is 24.3 Å². The molecule has 0 spiro atoms. The van der Waals surface area contributed by atoms with Gasteiger partial charge in [-0.15, -0.1) is 0 Å². The monoisotopic (exact) mass is 353 g/mol. The van der Waals surface area contributed by atoms with Crippen LogP contribution in [0, 0.1) is 5.82 Å². The second-order valence-corrected chi connectivity index (χ2v) is 6.26. The average molecular weight is 353 g/mol. The second kappa shape index (κ2) is 5.65. The van der Waals surface area contributed by atoms with E-state index in [1.807, 2.05) is 11.5 Å². The molecule has 1 aliphatic rings. The lowest BCUT2D eigenvalue weighted by atomic mass is 10.2. The summed E-state index contributed by atoms with van der Waals surface area (Å²) in [5.74, 6) is 1.35. The van der Waals surface area contributed by atoms with Gasteiger partial charge in [0.25, 0.3) is 0 Å². The molecule has 0 unspecified atom stereocenters. The molecule has 3 aromatic heterocycles. The van der Waals surface area contributed by atoms with Crippen molar-refractivity contribution >= 4 is 28.0 Å². The Morgan fingerprint density at radius 2 is 2.23 bits per heavy atom. The number of nitrogens with zero attached hydrogens (tertiary/aromatic N) is 5. The van der Waals surface area contributed by atoms with E-state index in [2.05, 4.69) is 25.3 Å². The van der Waals surface area contributed by atoms with Crippen LogP contribution in [0.5, 0.6) is 5.75 Å². The first kappa shape index (κ1) is 15.1. The number of hydrogen-bond donors (Lipinski definition) is 2. The summed E-state index contributed by atoms with van der Waals surface area (Å²) in [6.45, 7) is 3.20. The molecule has 1 aliphatic heterocycles. The van der Waals surface area contributed by atoms with Crippen LogP contribution in [-0.4, -0.2) is 36.1 Å². The highest BCUT2D eigenvalue weighted by Gasteiger charge is 2.24. The SMILES string of the molecule is C[C@H](Nc1ncnc2[nH]cnc12)c1nc2ccc(F)c3c2n1CCCO3. The van der Waals surface area contributed by atoms with Crippen LogP contribution in [0.25, 0.3) is 22.2 Å². The van der Waals surface area contributed by atoms with Crippen molar-refractivity contribution in [1.82, 2.24) is 29.5 Å². The topological polar surface area (TPSA) is 93.5 Å². The summed E-state index contributed by atoms with van der Waals surface area (Å²) in [5, 5.41) is 3.35. The zero-order valence-electron chi connectivity index (χ0n) is 14.0. The van der Waals surface area contributed by atoms with Crippen molar-refractivity contribution in [2.45, 2.75) is 25.9 Å². The molecule has 0 aliphatic carbocycles. The number of fused-ring (bicyclic) bond motifs is 1. The number of H-pyrrole nitrogens is 1. The standard InChI is InChI=1S/C17H16FN7O/c1-9(23-16-12-15(20-7-19-12)21-8-22-16)17-24-11-4-3-10(18)14-13(11)25(17)5-2-6-26-14/h3-4,7-9H,2,5-6H2,1H3,(H2,19,20,21,22,23)/t9-/m0/s1. The minimum absolute atomic E-state index is 0.161. The van der Waals surface area contributed by atoms with Crippen molar-refractivity contribution in [3.8, 4) is 5.75 Å². The van der Waals surface area contributed by atoms with E-state index in [4.69, 9.17) is 9.72 Å².